The van der Waals surface area contributed by atoms with Gasteiger partial charge in [0, 0.05) is 37.6 Å². The van der Waals surface area contributed by atoms with Crippen molar-refractivity contribution in [2.75, 3.05) is 37.6 Å². The van der Waals surface area contributed by atoms with Crippen LogP contribution < -0.4 is 4.90 Å². The van der Waals surface area contributed by atoms with E-state index in [1.807, 2.05) is 23.9 Å². The SMILES string of the molecule is C[C@@H]1CN=C(N2CCN(c3ncccc3C#N)CC2)S1. The number of pyridine rings is 1. The Balaban J connectivity index is 1.66. The van der Waals surface area contributed by atoms with Crippen LogP contribution in [-0.2, 0) is 0 Å². The van der Waals surface area contributed by atoms with Gasteiger partial charge in [-0.25, -0.2) is 4.98 Å². The molecule has 2 aliphatic heterocycles. The first-order valence-electron chi connectivity index (χ1n) is 6.84. The number of hydrogen-bond donors (Lipinski definition) is 0. The highest BCUT2D eigenvalue weighted by Gasteiger charge is 2.25. The van der Waals surface area contributed by atoms with E-state index in [1.165, 1.54) is 5.17 Å². The van der Waals surface area contributed by atoms with Gasteiger partial charge in [0.1, 0.15) is 11.9 Å². The smallest absolute Gasteiger partial charge is 0.159 e. The molecular formula is C14H17N5S. The fourth-order valence-corrected chi connectivity index (χ4v) is 3.47. The number of amidine groups is 1. The molecule has 2 aliphatic rings. The fraction of sp³-hybridized carbons (Fsp3) is 0.500. The zero-order valence-corrected chi connectivity index (χ0v) is 12.3. The third kappa shape index (κ3) is 2.59. The van der Waals surface area contributed by atoms with Crippen LogP contribution in [-0.4, -0.2) is 53.0 Å². The summed E-state index contributed by atoms with van der Waals surface area (Å²) in [5.41, 5.74) is 0.655. The first-order chi connectivity index (χ1) is 9.78. The predicted octanol–water partition coefficient (Wildman–Crippen LogP) is 1.57. The minimum Gasteiger partial charge on any atom is -0.352 e. The molecule has 0 N–H and O–H groups in total. The van der Waals surface area contributed by atoms with Crippen molar-refractivity contribution in [1.82, 2.24) is 9.88 Å². The Hall–Kier alpha value is -1.74. The Labute approximate surface area is 123 Å². The molecule has 20 heavy (non-hydrogen) atoms. The van der Waals surface area contributed by atoms with E-state index in [0.29, 0.717) is 10.8 Å². The van der Waals surface area contributed by atoms with Gasteiger partial charge in [0.05, 0.1) is 12.1 Å². The number of piperazine rings is 1. The van der Waals surface area contributed by atoms with Crippen molar-refractivity contribution in [3.63, 3.8) is 0 Å². The van der Waals surface area contributed by atoms with Crippen molar-refractivity contribution in [2.24, 2.45) is 4.99 Å². The van der Waals surface area contributed by atoms with Crippen LogP contribution in [0.4, 0.5) is 5.82 Å². The molecule has 3 rings (SSSR count). The van der Waals surface area contributed by atoms with Crippen LogP contribution in [0.2, 0.25) is 0 Å². The van der Waals surface area contributed by atoms with Crippen LogP contribution in [0.25, 0.3) is 0 Å². The summed E-state index contributed by atoms with van der Waals surface area (Å²) < 4.78 is 0. The zero-order valence-electron chi connectivity index (χ0n) is 11.5. The summed E-state index contributed by atoms with van der Waals surface area (Å²) in [6.07, 6.45) is 1.75. The lowest BCUT2D eigenvalue weighted by Gasteiger charge is -2.36. The molecule has 5 nitrogen and oxygen atoms in total. The predicted molar refractivity (Wildman–Crippen MR) is 82.1 cm³/mol. The van der Waals surface area contributed by atoms with Crippen LogP contribution in [0, 0.1) is 11.3 Å². The number of hydrogen-bond acceptors (Lipinski definition) is 6. The molecule has 0 unspecified atom stereocenters. The standard InChI is InChI=1S/C14H17N5S/c1-11-10-17-14(20-11)19-7-5-18(6-8-19)13-12(9-15)3-2-4-16-13/h2-4,11H,5-8,10H2,1H3/t11-/m1/s1. The number of anilines is 1. The van der Waals surface area contributed by atoms with Gasteiger partial charge in [0.15, 0.2) is 5.17 Å². The summed E-state index contributed by atoms with van der Waals surface area (Å²) in [5, 5.41) is 10.9. The van der Waals surface area contributed by atoms with Gasteiger partial charge in [0.2, 0.25) is 0 Å². The van der Waals surface area contributed by atoms with Gasteiger partial charge >= 0.3 is 0 Å². The maximum absolute atomic E-state index is 9.15. The lowest BCUT2D eigenvalue weighted by atomic mass is 10.2. The Morgan fingerprint density at radius 3 is 2.70 bits per heavy atom. The monoisotopic (exact) mass is 287 g/mol. The lowest BCUT2D eigenvalue weighted by molar-refractivity contribution is 0.391. The molecule has 1 atom stereocenters. The highest BCUT2D eigenvalue weighted by atomic mass is 32.2. The fourth-order valence-electron chi connectivity index (χ4n) is 2.48. The van der Waals surface area contributed by atoms with Crippen molar-refractivity contribution < 1.29 is 0 Å². The molecule has 0 aromatic carbocycles. The highest BCUT2D eigenvalue weighted by molar-refractivity contribution is 8.14. The number of aromatic nitrogens is 1. The summed E-state index contributed by atoms with van der Waals surface area (Å²) in [6.45, 7) is 6.81. The van der Waals surface area contributed by atoms with E-state index < -0.39 is 0 Å². The second-order valence-electron chi connectivity index (χ2n) is 5.01. The average Bonchev–Trinajstić information content (AvgIpc) is 2.94. The molecule has 0 radical (unpaired) electrons. The van der Waals surface area contributed by atoms with E-state index in [2.05, 4.69) is 32.8 Å². The quantitative estimate of drug-likeness (QED) is 0.784. The first kappa shape index (κ1) is 13.3. The molecule has 0 spiro atoms. The molecule has 0 saturated carbocycles. The van der Waals surface area contributed by atoms with Gasteiger partial charge in [0.25, 0.3) is 0 Å². The van der Waals surface area contributed by atoms with Crippen LogP contribution in [0.1, 0.15) is 12.5 Å². The lowest BCUT2D eigenvalue weighted by Crippen LogP contribution is -2.48. The van der Waals surface area contributed by atoms with Crippen molar-refractivity contribution in [3.8, 4) is 6.07 Å². The molecule has 0 amide bonds. The van der Waals surface area contributed by atoms with Gasteiger partial charge in [-0.05, 0) is 12.1 Å². The Kier molecular flexibility index (Phi) is 3.79. The van der Waals surface area contributed by atoms with Gasteiger partial charge in [-0.3, -0.25) is 4.99 Å². The summed E-state index contributed by atoms with van der Waals surface area (Å²) in [6, 6.07) is 5.86. The number of thioether (sulfide) groups is 1. The minimum atomic E-state index is 0.601. The van der Waals surface area contributed by atoms with Gasteiger partial charge in [-0.15, -0.1) is 0 Å². The van der Waals surface area contributed by atoms with E-state index in [9.17, 15) is 0 Å². The minimum absolute atomic E-state index is 0.601. The molecule has 0 bridgehead atoms. The third-order valence-electron chi connectivity index (χ3n) is 3.55. The number of nitriles is 1. The summed E-state index contributed by atoms with van der Waals surface area (Å²) in [4.78, 5) is 13.5. The number of rotatable bonds is 1. The third-order valence-corrected chi connectivity index (χ3v) is 4.70. The molecule has 1 aromatic rings. The van der Waals surface area contributed by atoms with Crippen LogP contribution in [0.5, 0.6) is 0 Å². The molecule has 3 heterocycles. The Morgan fingerprint density at radius 1 is 1.30 bits per heavy atom. The molecule has 0 aliphatic carbocycles. The molecule has 104 valence electrons. The molecule has 1 aromatic heterocycles. The maximum Gasteiger partial charge on any atom is 0.159 e. The van der Waals surface area contributed by atoms with Gasteiger partial charge in [-0.1, -0.05) is 18.7 Å². The van der Waals surface area contributed by atoms with Crippen LogP contribution in [0.15, 0.2) is 23.3 Å². The van der Waals surface area contributed by atoms with Crippen molar-refractivity contribution in [2.45, 2.75) is 12.2 Å². The maximum atomic E-state index is 9.15. The largest absolute Gasteiger partial charge is 0.352 e. The van der Waals surface area contributed by atoms with E-state index in [0.717, 1.165) is 38.5 Å². The topological polar surface area (TPSA) is 55.5 Å². The van der Waals surface area contributed by atoms with Gasteiger partial charge in [-0.2, -0.15) is 5.26 Å². The summed E-state index contributed by atoms with van der Waals surface area (Å²) in [7, 11) is 0. The summed E-state index contributed by atoms with van der Waals surface area (Å²) in [5.74, 6) is 0.809. The van der Waals surface area contributed by atoms with Crippen LogP contribution >= 0.6 is 11.8 Å². The van der Waals surface area contributed by atoms with Crippen LogP contribution in [0.3, 0.4) is 0 Å². The second kappa shape index (κ2) is 5.71. The second-order valence-corrected chi connectivity index (χ2v) is 6.42. The van der Waals surface area contributed by atoms with E-state index in [-0.39, 0.29) is 0 Å². The molecular weight excluding hydrogens is 270 g/mol. The van der Waals surface area contributed by atoms with Gasteiger partial charge < -0.3 is 9.80 Å². The van der Waals surface area contributed by atoms with E-state index in [4.69, 9.17) is 5.26 Å². The van der Waals surface area contributed by atoms with Crippen molar-refractivity contribution in [3.05, 3.63) is 23.9 Å². The van der Waals surface area contributed by atoms with Crippen molar-refractivity contribution in [1.29, 1.82) is 5.26 Å². The van der Waals surface area contributed by atoms with E-state index in [1.54, 1.807) is 6.20 Å². The summed E-state index contributed by atoms with van der Waals surface area (Å²) >= 11 is 1.87. The van der Waals surface area contributed by atoms with Crippen molar-refractivity contribution >= 4 is 22.7 Å². The average molecular weight is 287 g/mol. The Bertz CT molecular complexity index is 557. The molecule has 1 fully saturated rings. The molecule has 6 heteroatoms. The Morgan fingerprint density at radius 2 is 2.05 bits per heavy atom. The first-order valence-corrected chi connectivity index (χ1v) is 7.72. The number of aliphatic imine (C=N–C) groups is 1. The normalized spacial score (nSPS) is 22.6. The number of nitrogens with zero attached hydrogens (tertiary/aromatic N) is 5. The highest BCUT2D eigenvalue weighted by Crippen LogP contribution is 2.25. The molecule has 1 saturated heterocycles. The van der Waals surface area contributed by atoms with E-state index >= 15 is 0 Å². The zero-order chi connectivity index (χ0) is 13.9.